The molecule has 2 aromatic rings. The van der Waals surface area contributed by atoms with E-state index in [-0.39, 0.29) is 23.8 Å². The highest BCUT2D eigenvalue weighted by atomic mass is 35.5. The lowest BCUT2D eigenvalue weighted by atomic mass is 9.72. The predicted octanol–water partition coefficient (Wildman–Crippen LogP) is 5.61. The fraction of sp³-hybridized carbons (Fsp3) is 0.581. The summed E-state index contributed by atoms with van der Waals surface area (Å²) < 4.78 is 5.29. The first-order valence-corrected chi connectivity index (χ1v) is 14.3. The van der Waals surface area contributed by atoms with Crippen LogP contribution in [-0.4, -0.2) is 48.8 Å². The number of aryl methyl sites for hydroxylation is 1. The second kappa shape index (κ2) is 12.8. The van der Waals surface area contributed by atoms with Crippen molar-refractivity contribution in [2.75, 3.05) is 26.8 Å². The Labute approximate surface area is 227 Å². The monoisotopic (exact) mass is 526 g/mol. The first kappa shape index (κ1) is 28.1. The van der Waals surface area contributed by atoms with Crippen LogP contribution in [-0.2, 0) is 21.6 Å². The highest BCUT2D eigenvalue weighted by molar-refractivity contribution is 6.31. The summed E-state index contributed by atoms with van der Waals surface area (Å²) in [4.78, 5) is 15.4. The van der Waals surface area contributed by atoms with Gasteiger partial charge in [-0.3, -0.25) is 4.79 Å². The normalized spacial score (nSPS) is 23.7. The number of piperidine rings is 1. The zero-order chi connectivity index (χ0) is 26.4. The van der Waals surface area contributed by atoms with Crippen molar-refractivity contribution in [2.45, 2.75) is 76.4 Å². The summed E-state index contributed by atoms with van der Waals surface area (Å²) in [6, 6.07) is 14.4. The molecule has 0 aromatic heterocycles. The first-order chi connectivity index (χ1) is 17.8. The number of nitrogens with two attached hydrogens (primary N) is 1. The van der Waals surface area contributed by atoms with E-state index in [2.05, 4.69) is 25.1 Å². The van der Waals surface area contributed by atoms with E-state index in [1.165, 1.54) is 11.1 Å². The van der Waals surface area contributed by atoms with Crippen molar-refractivity contribution in [3.63, 3.8) is 0 Å². The molecule has 4 rings (SSSR count). The number of likely N-dealkylation sites (tertiary alicyclic amines) is 1. The smallest absolute Gasteiger partial charge is 0.225 e. The number of methoxy groups -OCH3 is 1. The van der Waals surface area contributed by atoms with E-state index in [1.807, 2.05) is 29.2 Å². The lowest BCUT2D eigenvalue weighted by Gasteiger charge is -2.44. The molecule has 37 heavy (non-hydrogen) atoms. The molecule has 2 aromatic carbocycles. The number of hydrogen-bond donors (Lipinski definition) is 2. The zero-order valence-corrected chi connectivity index (χ0v) is 23.2. The van der Waals surface area contributed by atoms with Crippen LogP contribution in [0.3, 0.4) is 0 Å². The summed E-state index contributed by atoms with van der Waals surface area (Å²) in [6.45, 7) is 4.11. The van der Waals surface area contributed by atoms with Crippen LogP contribution in [0, 0.1) is 18.8 Å². The van der Waals surface area contributed by atoms with E-state index in [0.717, 1.165) is 62.6 Å². The lowest BCUT2D eigenvalue weighted by molar-refractivity contribution is -0.141. The van der Waals surface area contributed by atoms with Crippen molar-refractivity contribution >= 4 is 17.5 Å². The van der Waals surface area contributed by atoms with Crippen molar-refractivity contribution < 1.29 is 14.6 Å². The van der Waals surface area contributed by atoms with E-state index >= 15 is 0 Å². The number of unbranched alkanes of at least 4 members (excludes halogenated alkanes) is 1. The molecular weight excluding hydrogens is 484 g/mol. The number of benzene rings is 2. The predicted molar refractivity (Wildman–Crippen MR) is 150 cm³/mol. The Balaban J connectivity index is 1.65. The maximum atomic E-state index is 13.4. The molecule has 0 unspecified atom stereocenters. The molecule has 2 fully saturated rings. The number of amides is 1. The average Bonchev–Trinajstić information content (AvgIpc) is 3.34. The second-order valence-corrected chi connectivity index (χ2v) is 11.5. The maximum Gasteiger partial charge on any atom is 0.225 e. The van der Waals surface area contributed by atoms with Gasteiger partial charge in [0.05, 0.1) is 5.60 Å². The molecule has 5 nitrogen and oxygen atoms in total. The SMILES string of the molecule is COCCCC[C@@](O)(c1cccc(Cl)c1Cc1ccccc1C)[C@@H]1CCCN(C(=O)[C@@H]2CC[C@H](N)C2)C1. The molecule has 4 atom stereocenters. The van der Waals surface area contributed by atoms with Crippen molar-refractivity contribution in [1.29, 1.82) is 0 Å². The fourth-order valence-electron chi connectivity index (χ4n) is 6.41. The third-order valence-electron chi connectivity index (χ3n) is 8.60. The molecule has 1 aliphatic heterocycles. The van der Waals surface area contributed by atoms with E-state index in [1.54, 1.807) is 7.11 Å². The van der Waals surface area contributed by atoms with Gasteiger partial charge in [-0.25, -0.2) is 0 Å². The molecule has 1 aliphatic carbocycles. The topological polar surface area (TPSA) is 75.8 Å². The summed E-state index contributed by atoms with van der Waals surface area (Å²) in [6.07, 6.45) is 7.32. The molecule has 202 valence electrons. The number of hydrogen-bond acceptors (Lipinski definition) is 4. The molecule has 1 heterocycles. The van der Waals surface area contributed by atoms with Crippen molar-refractivity contribution in [3.05, 3.63) is 69.7 Å². The minimum absolute atomic E-state index is 0.0198. The van der Waals surface area contributed by atoms with Gasteiger partial charge in [0, 0.05) is 49.7 Å². The van der Waals surface area contributed by atoms with Gasteiger partial charge in [0.2, 0.25) is 5.91 Å². The Morgan fingerprint density at radius 1 is 1.16 bits per heavy atom. The molecule has 1 saturated heterocycles. The summed E-state index contributed by atoms with van der Waals surface area (Å²) in [5, 5.41) is 13.3. The van der Waals surface area contributed by atoms with Gasteiger partial charge in [0.15, 0.2) is 0 Å². The van der Waals surface area contributed by atoms with Crippen LogP contribution in [0.15, 0.2) is 42.5 Å². The molecule has 2 aliphatic rings. The van der Waals surface area contributed by atoms with Crippen LogP contribution < -0.4 is 5.73 Å². The summed E-state index contributed by atoms with van der Waals surface area (Å²) in [5.74, 6) is 0.175. The Morgan fingerprint density at radius 3 is 2.70 bits per heavy atom. The molecule has 0 bridgehead atoms. The molecule has 1 saturated carbocycles. The summed E-state index contributed by atoms with van der Waals surface area (Å²) in [7, 11) is 1.71. The van der Waals surface area contributed by atoms with Crippen LogP contribution >= 0.6 is 11.6 Å². The fourth-order valence-corrected chi connectivity index (χ4v) is 6.65. The van der Waals surface area contributed by atoms with E-state index < -0.39 is 5.60 Å². The van der Waals surface area contributed by atoms with Gasteiger partial charge in [0.25, 0.3) is 0 Å². The summed E-state index contributed by atoms with van der Waals surface area (Å²) >= 11 is 6.83. The average molecular weight is 527 g/mol. The van der Waals surface area contributed by atoms with E-state index in [0.29, 0.717) is 31.0 Å². The van der Waals surface area contributed by atoms with Crippen LogP contribution in [0.5, 0.6) is 0 Å². The third kappa shape index (κ3) is 6.57. The number of rotatable bonds is 10. The largest absolute Gasteiger partial charge is 0.385 e. The molecule has 0 spiro atoms. The molecular formula is C31H43ClN2O3. The molecule has 3 N–H and O–H groups in total. The third-order valence-corrected chi connectivity index (χ3v) is 8.96. The molecule has 1 amide bonds. The quantitative estimate of drug-likeness (QED) is 0.394. The number of ether oxygens (including phenoxy) is 1. The van der Waals surface area contributed by atoms with Gasteiger partial charge in [-0.05, 0) is 93.0 Å². The summed E-state index contributed by atoms with van der Waals surface area (Å²) in [5.41, 5.74) is 9.34. The highest BCUT2D eigenvalue weighted by Crippen LogP contribution is 2.43. The van der Waals surface area contributed by atoms with Crippen molar-refractivity contribution in [3.8, 4) is 0 Å². The van der Waals surface area contributed by atoms with Gasteiger partial charge in [-0.1, -0.05) is 48.0 Å². The van der Waals surface area contributed by atoms with E-state index in [9.17, 15) is 9.90 Å². The minimum atomic E-state index is -1.08. The van der Waals surface area contributed by atoms with Crippen molar-refractivity contribution in [1.82, 2.24) is 4.90 Å². The van der Waals surface area contributed by atoms with Crippen LogP contribution in [0.2, 0.25) is 5.02 Å². The van der Waals surface area contributed by atoms with E-state index in [4.69, 9.17) is 22.1 Å². The Morgan fingerprint density at radius 2 is 1.97 bits per heavy atom. The molecule has 0 radical (unpaired) electrons. The lowest BCUT2D eigenvalue weighted by Crippen LogP contribution is -2.49. The van der Waals surface area contributed by atoms with Crippen molar-refractivity contribution in [2.24, 2.45) is 17.6 Å². The second-order valence-electron chi connectivity index (χ2n) is 11.1. The molecule has 6 heteroatoms. The Bertz CT molecular complexity index is 1060. The number of carbonyl (C=O) groups is 1. The minimum Gasteiger partial charge on any atom is -0.385 e. The number of carbonyl (C=O) groups excluding carboxylic acids is 1. The van der Waals surface area contributed by atoms with Gasteiger partial charge in [-0.15, -0.1) is 0 Å². The number of halogens is 1. The van der Waals surface area contributed by atoms with Crippen LogP contribution in [0.1, 0.15) is 73.6 Å². The van der Waals surface area contributed by atoms with Gasteiger partial charge >= 0.3 is 0 Å². The highest BCUT2D eigenvalue weighted by Gasteiger charge is 2.43. The first-order valence-electron chi connectivity index (χ1n) is 13.9. The maximum absolute atomic E-state index is 13.4. The van der Waals surface area contributed by atoms with Gasteiger partial charge in [0.1, 0.15) is 0 Å². The van der Waals surface area contributed by atoms with Gasteiger partial charge in [-0.2, -0.15) is 0 Å². The Kier molecular flexibility index (Phi) is 9.68. The zero-order valence-electron chi connectivity index (χ0n) is 22.4. The van der Waals surface area contributed by atoms with Gasteiger partial charge < -0.3 is 20.5 Å². The standard InChI is InChI=1S/C31H43ClN2O3/c1-22-9-3-4-10-23(22)20-27-28(12-7-13-29(27)32)31(36,16-5-6-18-37-2)25-11-8-17-34(21-25)30(35)24-14-15-26(33)19-24/h3-4,7,9-10,12-13,24-26,36H,5-6,8,11,14-21,33H2,1-2H3/t24-,25-,26+,31+/m1/s1. The number of aliphatic hydroxyl groups is 1. The Hall–Kier alpha value is -1.92. The van der Waals surface area contributed by atoms with Crippen LogP contribution in [0.25, 0.3) is 0 Å². The van der Waals surface area contributed by atoms with Crippen LogP contribution in [0.4, 0.5) is 0 Å². The number of nitrogens with zero attached hydrogens (tertiary/aromatic N) is 1.